The van der Waals surface area contributed by atoms with Gasteiger partial charge in [0, 0.05) is 31.1 Å². The second-order valence-electron chi connectivity index (χ2n) is 8.13. The van der Waals surface area contributed by atoms with Crippen molar-refractivity contribution in [3.8, 4) is 5.75 Å². The molecule has 5 heteroatoms. The minimum absolute atomic E-state index is 0.0550. The molecule has 0 saturated carbocycles. The molecular weight excluding hydrogens is 386 g/mol. The Morgan fingerprint density at radius 3 is 2.48 bits per heavy atom. The number of para-hydroxylation sites is 2. The van der Waals surface area contributed by atoms with Crippen LogP contribution in [0.2, 0.25) is 0 Å². The average Bonchev–Trinajstić information content (AvgIpc) is 3.35. The van der Waals surface area contributed by atoms with Crippen molar-refractivity contribution in [3.63, 3.8) is 0 Å². The SMILES string of the molecule is COc1ccc(Cn2c(C3CC(=O)N(c4ccc(C)cc4)C3)nc3ccccc32)cc1. The van der Waals surface area contributed by atoms with Crippen molar-refractivity contribution in [2.24, 2.45) is 0 Å². The van der Waals surface area contributed by atoms with Gasteiger partial charge in [0.15, 0.2) is 0 Å². The first kappa shape index (κ1) is 19.4. The van der Waals surface area contributed by atoms with Gasteiger partial charge in [-0.15, -0.1) is 0 Å². The molecule has 4 aromatic rings. The Morgan fingerprint density at radius 2 is 1.74 bits per heavy atom. The Hall–Kier alpha value is -3.60. The normalized spacial score (nSPS) is 16.3. The van der Waals surface area contributed by atoms with Crippen molar-refractivity contribution in [1.29, 1.82) is 0 Å². The fraction of sp³-hybridized carbons (Fsp3) is 0.231. The van der Waals surface area contributed by atoms with Gasteiger partial charge in [0.1, 0.15) is 11.6 Å². The summed E-state index contributed by atoms with van der Waals surface area (Å²) >= 11 is 0. The number of methoxy groups -OCH3 is 1. The minimum atomic E-state index is 0.0550. The molecule has 0 spiro atoms. The number of fused-ring (bicyclic) bond motifs is 1. The second kappa shape index (κ2) is 7.91. The molecule has 1 aliphatic rings. The van der Waals surface area contributed by atoms with E-state index in [0.717, 1.165) is 28.3 Å². The number of benzene rings is 3. The number of anilines is 1. The smallest absolute Gasteiger partial charge is 0.227 e. The van der Waals surface area contributed by atoms with Crippen LogP contribution < -0.4 is 9.64 Å². The highest BCUT2D eigenvalue weighted by Crippen LogP contribution is 2.33. The first-order valence-electron chi connectivity index (χ1n) is 10.6. The summed E-state index contributed by atoms with van der Waals surface area (Å²) in [6.07, 6.45) is 0.472. The first-order valence-corrected chi connectivity index (χ1v) is 10.6. The lowest BCUT2D eigenvalue weighted by atomic mass is 10.1. The zero-order chi connectivity index (χ0) is 21.4. The maximum absolute atomic E-state index is 12.9. The molecule has 1 unspecified atom stereocenters. The van der Waals surface area contributed by atoms with E-state index in [0.29, 0.717) is 19.5 Å². The number of rotatable bonds is 5. The van der Waals surface area contributed by atoms with E-state index in [2.05, 4.69) is 41.8 Å². The molecule has 1 atom stereocenters. The van der Waals surface area contributed by atoms with Crippen LogP contribution in [0.25, 0.3) is 11.0 Å². The summed E-state index contributed by atoms with van der Waals surface area (Å²) in [5.41, 5.74) is 5.37. The van der Waals surface area contributed by atoms with Crippen LogP contribution in [0.4, 0.5) is 5.69 Å². The van der Waals surface area contributed by atoms with Crippen LogP contribution in [0, 0.1) is 6.92 Å². The topological polar surface area (TPSA) is 47.4 Å². The Kier molecular flexibility index (Phi) is 4.94. The van der Waals surface area contributed by atoms with E-state index in [1.165, 1.54) is 11.1 Å². The average molecular weight is 412 g/mol. The van der Waals surface area contributed by atoms with E-state index in [-0.39, 0.29) is 11.8 Å². The second-order valence-corrected chi connectivity index (χ2v) is 8.13. The number of amides is 1. The van der Waals surface area contributed by atoms with Crippen LogP contribution in [0.15, 0.2) is 72.8 Å². The number of hydrogen-bond acceptors (Lipinski definition) is 3. The molecule has 3 aromatic carbocycles. The van der Waals surface area contributed by atoms with Crippen LogP contribution in [0.3, 0.4) is 0 Å². The highest BCUT2D eigenvalue weighted by Gasteiger charge is 2.34. The molecule has 31 heavy (non-hydrogen) atoms. The summed E-state index contributed by atoms with van der Waals surface area (Å²) in [6.45, 7) is 3.41. The van der Waals surface area contributed by atoms with Crippen molar-refractivity contribution in [2.45, 2.75) is 25.8 Å². The van der Waals surface area contributed by atoms with E-state index in [4.69, 9.17) is 9.72 Å². The van der Waals surface area contributed by atoms with Gasteiger partial charge in [-0.05, 0) is 48.9 Å². The molecule has 0 aliphatic carbocycles. The van der Waals surface area contributed by atoms with Gasteiger partial charge in [-0.1, -0.05) is 42.0 Å². The number of aromatic nitrogens is 2. The molecule has 5 nitrogen and oxygen atoms in total. The Morgan fingerprint density at radius 1 is 1.00 bits per heavy atom. The Labute approximate surface area is 181 Å². The fourth-order valence-corrected chi connectivity index (χ4v) is 4.34. The third-order valence-electron chi connectivity index (χ3n) is 6.02. The van der Waals surface area contributed by atoms with E-state index in [9.17, 15) is 4.79 Å². The zero-order valence-electron chi connectivity index (χ0n) is 17.8. The summed E-state index contributed by atoms with van der Waals surface area (Å²) in [5, 5.41) is 0. The van der Waals surface area contributed by atoms with Crippen LogP contribution in [0.5, 0.6) is 5.75 Å². The number of aryl methyl sites for hydroxylation is 1. The number of nitrogens with zero attached hydrogens (tertiary/aromatic N) is 3. The van der Waals surface area contributed by atoms with Crippen molar-refractivity contribution in [1.82, 2.24) is 9.55 Å². The lowest BCUT2D eigenvalue weighted by Crippen LogP contribution is -2.24. The minimum Gasteiger partial charge on any atom is -0.497 e. The van der Waals surface area contributed by atoms with Gasteiger partial charge in [-0.3, -0.25) is 4.79 Å². The monoisotopic (exact) mass is 411 g/mol. The predicted molar refractivity (Wildman–Crippen MR) is 123 cm³/mol. The molecule has 0 N–H and O–H groups in total. The van der Waals surface area contributed by atoms with Crippen molar-refractivity contribution >= 4 is 22.6 Å². The fourth-order valence-electron chi connectivity index (χ4n) is 4.34. The number of imidazole rings is 1. The zero-order valence-corrected chi connectivity index (χ0v) is 17.8. The van der Waals surface area contributed by atoms with E-state index < -0.39 is 0 Å². The van der Waals surface area contributed by atoms with Crippen LogP contribution in [0.1, 0.15) is 29.3 Å². The highest BCUT2D eigenvalue weighted by molar-refractivity contribution is 5.96. The van der Waals surface area contributed by atoms with E-state index >= 15 is 0 Å². The highest BCUT2D eigenvalue weighted by atomic mass is 16.5. The van der Waals surface area contributed by atoms with Crippen LogP contribution >= 0.6 is 0 Å². The molecule has 2 heterocycles. The third kappa shape index (κ3) is 3.67. The summed E-state index contributed by atoms with van der Waals surface area (Å²) in [7, 11) is 1.67. The van der Waals surface area contributed by atoms with E-state index in [1.54, 1.807) is 7.11 Å². The largest absolute Gasteiger partial charge is 0.497 e. The van der Waals surface area contributed by atoms with Gasteiger partial charge < -0.3 is 14.2 Å². The molecule has 0 radical (unpaired) electrons. The van der Waals surface area contributed by atoms with Gasteiger partial charge in [-0.25, -0.2) is 4.98 Å². The number of hydrogen-bond donors (Lipinski definition) is 0. The molecular formula is C26H25N3O2. The molecule has 1 fully saturated rings. The first-order chi connectivity index (χ1) is 15.1. The summed E-state index contributed by atoms with van der Waals surface area (Å²) in [5.74, 6) is 2.02. The van der Waals surface area contributed by atoms with Crippen molar-refractivity contribution in [2.75, 3.05) is 18.6 Å². The number of ether oxygens (including phenoxy) is 1. The van der Waals surface area contributed by atoms with Gasteiger partial charge in [0.2, 0.25) is 5.91 Å². The predicted octanol–water partition coefficient (Wildman–Crippen LogP) is 4.92. The lowest BCUT2D eigenvalue weighted by Gasteiger charge is -2.18. The molecule has 1 saturated heterocycles. The van der Waals surface area contributed by atoms with E-state index in [1.807, 2.05) is 47.4 Å². The molecule has 1 amide bonds. The van der Waals surface area contributed by atoms with Gasteiger partial charge in [-0.2, -0.15) is 0 Å². The molecule has 156 valence electrons. The van der Waals surface area contributed by atoms with Gasteiger partial charge >= 0.3 is 0 Å². The van der Waals surface area contributed by atoms with Crippen molar-refractivity contribution in [3.05, 3.63) is 89.7 Å². The van der Waals surface area contributed by atoms with Crippen LogP contribution in [-0.2, 0) is 11.3 Å². The molecule has 5 rings (SSSR count). The van der Waals surface area contributed by atoms with Gasteiger partial charge in [0.25, 0.3) is 0 Å². The lowest BCUT2D eigenvalue weighted by molar-refractivity contribution is -0.117. The maximum atomic E-state index is 12.9. The summed E-state index contributed by atoms with van der Waals surface area (Å²) < 4.78 is 7.55. The Balaban J connectivity index is 1.50. The molecule has 1 aliphatic heterocycles. The molecule has 1 aromatic heterocycles. The standard InChI is InChI=1S/C26H25N3O2/c1-18-7-11-21(12-8-18)28-17-20(15-25(28)30)26-27-23-5-3-4-6-24(23)29(26)16-19-9-13-22(31-2)14-10-19/h3-14,20H,15-17H2,1-2H3. The maximum Gasteiger partial charge on any atom is 0.227 e. The van der Waals surface area contributed by atoms with Crippen molar-refractivity contribution < 1.29 is 9.53 Å². The number of carbonyl (C=O) groups excluding carboxylic acids is 1. The summed E-state index contributed by atoms with van der Waals surface area (Å²) in [6, 6.07) is 24.5. The third-order valence-corrected chi connectivity index (χ3v) is 6.02. The van der Waals surface area contributed by atoms with Gasteiger partial charge in [0.05, 0.1) is 18.1 Å². The number of carbonyl (C=O) groups is 1. The molecule has 0 bridgehead atoms. The summed E-state index contributed by atoms with van der Waals surface area (Å²) in [4.78, 5) is 19.7. The Bertz CT molecular complexity index is 1230. The quantitative estimate of drug-likeness (QED) is 0.468. The van der Waals surface area contributed by atoms with Crippen LogP contribution in [-0.4, -0.2) is 29.1 Å².